The van der Waals surface area contributed by atoms with Gasteiger partial charge in [0, 0.05) is 12.6 Å². The molecule has 0 aliphatic rings. The van der Waals surface area contributed by atoms with Crippen molar-refractivity contribution in [1.29, 1.82) is 0 Å². The highest BCUT2D eigenvalue weighted by Crippen LogP contribution is 2.36. The second-order valence-electron chi connectivity index (χ2n) is 3.90. The lowest BCUT2D eigenvalue weighted by molar-refractivity contribution is -0.267. The minimum atomic E-state index is -6.06. The number of rotatable bonds is 3. The van der Waals surface area contributed by atoms with E-state index >= 15 is 0 Å². The molecule has 1 rings (SSSR count). The van der Waals surface area contributed by atoms with Gasteiger partial charge in [-0.2, -0.15) is 22.0 Å². The third-order valence-electron chi connectivity index (χ3n) is 2.18. The molecular weight excluding hydrogens is 306 g/mol. The molecule has 0 saturated heterocycles. The van der Waals surface area contributed by atoms with Gasteiger partial charge in [0.25, 0.3) is 0 Å². The van der Waals surface area contributed by atoms with Crippen LogP contribution in [0.5, 0.6) is 0 Å². The number of hydrogen-bond donors (Lipinski definition) is 2. The van der Waals surface area contributed by atoms with Crippen LogP contribution in [0.3, 0.4) is 0 Å². The number of halogens is 6. The van der Waals surface area contributed by atoms with Crippen molar-refractivity contribution in [2.45, 2.75) is 19.0 Å². The van der Waals surface area contributed by atoms with Crippen molar-refractivity contribution in [1.82, 2.24) is 0 Å². The number of nitrogens with one attached hydrogen (secondary N) is 2. The normalized spacial score (nSPS) is 12.0. The lowest BCUT2D eigenvalue weighted by Crippen LogP contribution is -2.47. The van der Waals surface area contributed by atoms with Gasteiger partial charge in [-0.15, -0.1) is 0 Å². The van der Waals surface area contributed by atoms with Crippen molar-refractivity contribution in [3.63, 3.8) is 0 Å². The van der Waals surface area contributed by atoms with Crippen LogP contribution in [-0.4, -0.2) is 23.9 Å². The lowest BCUT2D eigenvalue weighted by atomic mass is 10.2. The van der Waals surface area contributed by atoms with Crippen LogP contribution in [0.25, 0.3) is 0 Å². The second-order valence-corrected chi connectivity index (χ2v) is 3.90. The summed E-state index contributed by atoms with van der Waals surface area (Å²) in [4.78, 5) is 21.7. The van der Waals surface area contributed by atoms with Crippen LogP contribution in [0.1, 0.15) is 6.92 Å². The molecule has 0 unspecified atom stereocenters. The zero-order valence-corrected chi connectivity index (χ0v) is 10.3. The Morgan fingerprint density at radius 2 is 1.62 bits per heavy atom. The Kier molecular flexibility index (Phi) is 4.49. The van der Waals surface area contributed by atoms with Crippen molar-refractivity contribution < 1.29 is 35.9 Å². The van der Waals surface area contributed by atoms with Crippen LogP contribution in [0, 0.1) is 5.82 Å². The van der Waals surface area contributed by atoms with E-state index in [1.54, 1.807) is 0 Å². The molecular formula is C11H8F6N2O2. The molecule has 0 aliphatic carbocycles. The summed E-state index contributed by atoms with van der Waals surface area (Å²) in [6.45, 7) is 1.03. The highest BCUT2D eigenvalue weighted by molar-refractivity contribution is 5.97. The molecule has 0 bridgehead atoms. The van der Waals surface area contributed by atoms with Crippen molar-refractivity contribution in [2.75, 3.05) is 10.6 Å². The SMILES string of the molecule is CC(=O)Nc1cc(NC(=O)C(F)(F)C(F)(F)F)ccc1F. The van der Waals surface area contributed by atoms with Gasteiger partial charge in [0.05, 0.1) is 5.69 Å². The van der Waals surface area contributed by atoms with Gasteiger partial charge in [-0.3, -0.25) is 9.59 Å². The van der Waals surface area contributed by atoms with Gasteiger partial charge < -0.3 is 10.6 Å². The van der Waals surface area contributed by atoms with E-state index in [9.17, 15) is 35.9 Å². The maximum atomic E-state index is 13.2. The molecule has 116 valence electrons. The number of benzene rings is 1. The molecule has 0 spiro atoms. The predicted molar refractivity (Wildman–Crippen MR) is 60.3 cm³/mol. The fraction of sp³-hybridized carbons (Fsp3) is 0.273. The first-order chi connectivity index (χ1) is 9.45. The van der Waals surface area contributed by atoms with Crippen LogP contribution < -0.4 is 10.6 Å². The summed E-state index contributed by atoms with van der Waals surface area (Å²) in [5.74, 6) is -9.87. The van der Waals surface area contributed by atoms with Gasteiger partial charge in [-0.25, -0.2) is 4.39 Å². The topological polar surface area (TPSA) is 58.2 Å². The first-order valence-electron chi connectivity index (χ1n) is 5.28. The first-order valence-corrected chi connectivity index (χ1v) is 5.28. The minimum absolute atomic E-state index is 0.476. The highest BCUT2D eigenvalue weighted by Gasteiger charge is 2.63. The van der Waals surface area contributed by atoms with Crippen LogP contribution in [-0.2, 0) is 9.59 Å². The van der Waals surface area contributed by atoms with E-state index in [0.29, 0.717) is 12.1 Å². The van der Waals surface area contributed by atoms with E-state index in [4.69, 9.17) is 0 Å². The van der Waals surface area contributed by atoms with Crippen LogP contribution >= 0.6 is 0 Å². The van der Waals surface area contributed by atoms with Gasteiger partial charge in [0.2, 0.25) is 5.91 Å². The van der Waals surface area contributed by atoms with Gasteiger partial charge in [0.1, 0.15) is 5.82 Å². The van der Waals surface area contributed by atoms with E-state index in [0.717, 1.165) is 13.0 Å². The Balaban J connectivity index is 2.99. The van der Waals surface area contributed by atoms with Crippen molar-refractivity contribution in [3.05, 3.63) is 24.0 Å². The molecule has 2 N–H and O–H groups in total. The quantitative estimate of drug-likeness (QED) is 0.843. The number of carbonyl (C=O) groups is 2. The molecule has 0 aliphatic heterocycles. The molecule has 1 aromatic rings. The number of carbonyl (C=O) groups excluding carboxylic acids is 2. The summed E-state index contributed by atoms with van der Waals surface area (Å²) < 4.78 is 74.6. The summed E-state index contributed by atoms with van der Waals surface area (Å²) >= 11 is 0. The number of hydrogen-bond acceptors (Lipinski definition) is 2. The van der Waals surface area contributed by atoms with Crippen molar-refractivity contribution in [2.24, 2.45) is 0 Å². The zero-order chi connectivity index (χ0) is 16.4. The molecule has 0 aromatic heterocycles. The second kappa shape index (κ2) is 5.62. The molecule has 0 heterocycles. The monoisotopic (exact) mass is 314 g/mol. The molecule has 2 amide bonds. The highest BCUT2D eigenvalue weighted by atomic mass is 19.4. The summed E-state index contributed by atoms with van der Waals surface area (Å²) in [7, 11) is 0. The Hall–Kier alpha value is -2.26. The van der Waals surface area contributed by atoms with Crippen LogP contribution in [0.2, 0.25) is 0 Å². The smallest absolute Gasteiger partial charge is 0.324 e. The Labute approximate surface area is 114 Å². The fourth-order valence-electron chi connectivity index (χ4n) is 1.23. The Morgan fingerprint density at radius 1 is 1.05 bits per heavy atom. The van der Waals surface area contributed by atoms with Gasteiger partial charge in [-0.1, -0.05) is 0 Å². The molecule has 0 atom stereocenters. The lowest BCUT2D eigenvalue weighted by Gasteiger charge is -2.19. The summed E-state index contributed by atoms with van der Waals surface area (Å²) in [5, 5.41) is 3.28. The van der Waals surface area contributed by atoms with Crippen LogP contribution in [0.4, 0.5) is 37.7 Å². The Bertz CT molecular complexity index is 570. The van der Waals surface area contributed by atoms with E-state index in [1.165, 1.54) is 5.32 Å². The Morgan fingerprint density at radius 3 is 2.10 bits per heavy atom. The number of anilines is 2. The zero-order valence-electron chi connectivity index (χ0n) is 10.3. The third-order valence-corrected chi connectivity index (χ3v) is 2.18. The molecule has 0 saturated carbocycles. The standard InChI is InChI=1S/C11H8F6N2O2/c1-5(20)18-8-4-6(2-3-7(8)12)19-9(21)10(13,14)11(15,16)17/h2-4H,1H3,(H,18,20)(H,19,21). The number of amides is 2. The van der Waals surface area contributed by atoms with E-state index in [1.807, 2.05) is 5.32 Å². The summed E-state index contributed by atoms with van der Waals surface area (Å²) in [6, 6.07) is 2.17. The summed E-state index contributed by atoms with van der Waals surface area (Å²) in [5.41, 5.74) is -1.01. The van der Waals surface area contributed by atoms with Crippen molar-refractivity contribution in [3.8, 4) is 0 Å². The molecule has 0 radical (unpaired) electrons. The molecule has 1 aromatic carbocycles. The minimum Gasteiger partial charge on any atom is -0.324 e. The average Bonchev–Trinajstić information content (AvgIpc) is 2.31. The van der Waals surface area contributed by atoms with E-state index < -0.39 is 41.1 Å². The average molecular weight is 314 g/mol. The fourth-order valence-corrected chi connectivity index (χ4v) is 1.23. The summed E-state index contributed by atoms with van der Waals surface area (Å²) in [6.07, 6.45) is -6.06. The van der Waals surface area contributed by atoms with Gasteiger partial charge >= 0.3 is 18.0 Å². The maximum absolute atomic E-state index is 13.2. The van der Waals surface area contributed by atoms with Gasteiger partial charge in [-0.05, 0) is 18.2 Å². The molecule has 10 heteroatoms. The molecule has 0 fully saturated rings. The van der Waals surface area contributed by atoms with Crippen molar-refractivity contribution >= 4 is 23.2 Å². The predicted octanol–water partition coefficient (Wildman–Crippen LogP) is 2.92. The number of alkyl halides is 5. The largest absolute Gasteiger partial charge is 0.463 e. The third kappa shape index (κ3) is 3.86. The maximum Gasteiger partial charge on any atom is 0.463 e. The van der Waals surface area contributed by atoms with E-state index in [-0.39, 0.29) is 0 Å². The van der Waals surface area contributed by atoms with E-state index in [2.05, 4.69) is 0 Å². The van der Waals surface area contributed by atoms with Crippen LogP contribution in [0.15, 0.2) is 18.2 Å². The molecule has 4 nitrogen and oxygen atoms in total. The van der Waals surface area contributed by atoms with Gasteiger partial charge in [0.15, 0.2) is 0 Å². The first kappa shape index (κ1) is 16.8. The molecule has 21 heavy (non-hydrogen) atoms.